The van der Waals surface area contributed by atoms with Crippen LogP contribution >= 0.6 is 0 Å². The van der Waals surface area contributed by atoms with Crippen molar-refractivity contribution in [3.8, 4) is 0 Å². The second kappa shape index (κ2) is 36.4. The van der Waals surface area contributed by atoms with Crippen molar-refractivity contribution in [2.75, 3.05) is 13.2 Å². The van der Waals surface area contributed by atoms with Crippen LogP contribution < -0.4 is 0 Å². The molecule has 0 aliphatic heterocycles. The van der Waals surface area contributed by atoms with Gasteiger partial charge in [-0.15, -0.1) is 0 Å². The number of carbonyl (C=O) groups excluding carboxylic acids is 3. The Labute approximate surface area is 288 Å². The van der Waals surface area contributed by atoms with Gasteiger partial charge in [0.25, 0.3) is 0 Å². The predicted octanol–water partition coefficient (Wildman–Crippen LogP) is 11.0. The highest BCUT2D eigenvalue weighted by molar-refractivity contribution is 5.90. The number of aliphatic hydroxyl groups excluding tert-OH is 1. The highest BCUT2D eigenvalue weighted by atomic mass is 16.6. The van der Waals surface area contributed by atoms with Crippen LogP contribution in [0.15, 0.2) is 48.6 Å². The molecule has 0 saturated heterocycles. The molecular formula is C41H70O6. The van der Waals surface area contributed by atoms with Crippen molar-refractivity contribution in [3.63, 3.8) is 0 Å². The van der Waals surface area contributed by atoms with Gasteiger partial charge in [0.1, 0.15) is 6.61 Å². The Morgan fingerprint density at radius 2 is 1.06 bits per heavy atom. The second-order valence-corrected chi connectivity index (χ2v) is 12.7. The van der Waals surface area contributed by atoms with Gasteiger partial charge in [0, 0.05) is 19.3 Å². The third-order valence-corrected chi connectivity index (χ3v) is 8.10. The zero-order valence-electron chi connectivity index (χ0n) is 30.3. The Bertz CT molecular complexity index is 856. The van der Waals surface area contributed by atoms with Crippen LogP contribution in [0.1, 0.15) is 174 Å². The Hall–Kier alpha value is -2.47. The minimum atomic E-state index is -0.860. The molecule has 1 N–H and O–H groups in total. The van der Waals surface area contributed by atoms with Crippen molar-refractivity contribution in [2.24, 2.45) is 0 Å². The maximum atomic E-state index is 12.1. The fourth-order valence-electron chi connectivity index (χ4n) is 5.15. The molecule has 0 aromatic carbocycles. The summed E-state index contributed by atoms with van der Waals surface area (Å²) >= 11 is 0. The van der Waals surface area contributed by atoms with Crippen LogP contribution in [0.2, 0.25) is 0 Å². The minimum absolute atomic E-state index is 0.0489. The van der Waals surface area contributed by atoms with Gasteiger partial charge in [-0.1, -0.05) is 159 Å². The number of carbonyl (C=O) groups is 3. The highest BCUT2D eigenvalue weighted by Crippen LogP contribution is 2.14. The van der Waals surface area contributed by atoms with Crippen molar-refractivity contribution in [2.45, 2.75) is 180 Å². The summed E-state index contributed by atoms with van der Waals surface area (Å²) in [6, 6.07) is 0. The van der Waals surface area contributed by atoms with Crippen LogP contribution in [0.25, 0.3) is 0 Å². The van der Waals surface area contributed by atoms with Crippen LogP contribution in [-0.2, 0) is 23.9 Å². The minimum Gasteiger partial charge on any atom is -0.462 e. The maximum absolute atomic E-state index is 12.1. The average Bonchev–Trinajstić information content (AvgIpc) is 3.06. The SMILES string of the molecule is CCCCC/C=C\C/C=C\C/C=C\C=C\C(=O)CCCC(=O)OC[C@H](CO)OC(=O)CCCCCCCCCCCCCCCCC. The van der Waals surface area contributed by atoms with E-state index in [1.54, 1.807) is 6.08 Å². The number of allylic oxidation sites excluding steroid dienone is 8. The van der Waals surface area contributed by atoms with E-state index in [-0.39, 0.29) is 31.2 Å². The summed E-state index contributed by atoms with van der Waals surface area (Å²) in [5.74, 6) is -0.893. The Balaban J connectivity index is 3.76. The highest BCUT2D eigenvalue weighted by Gasteiger charge is 2.16. The van der Waals surface area contributed by atoms with E-state index in [1.807, 2.05) is 12.2 Å². The Morgan fingerprint density at radius 1 is 0.553 bits per heavy atom. The fraction of sp³-hybridized carbons (Fsp3) is 0.732. The van der Waals surface area contributed by atoms with Crippen molar-refractivity contribution >= 4 is 17.7 Å². The van der Waals surface area contributed by atoms with Gasteiger partial charge in [-0.05, 0) is 44.6 Å². The van der Waals surface area contributed by atoms with Gasteiger partial charge in [0.15, 0.2) is 11.9 Å². The molecule has 0 aromatic heterocycles. The monoisotopic (exact) mass is 659 g/mol. The molecule has 0 heterocycles. The van der Waals surface area contributed by atoms with Crippen molar-refractivity contribution in [1.29, 1.82) is 0 Å². The van der Waals surface area contributed by atoms with Crippen molar-refractivity contribution in [1.82, 2.24) is 0 Å². The van der Waals surface area contributed by atoms with Crippen LogP contribution in [0.4, 0.5) is 0 Å². The first kappa shape index (κ1) is 44.5. The number of ketones is 1. The van der Waals surface area contributed by atoms with Gasteiger partial charge >= 0.3 is 11.9 Å². The van der Waals surface area contributed by atoms with E-state index in [0.717, 1.165) is 38.5 Å². The van der Waals surface area contributed by atoms with Gasteiger partial charge in [-0.25, -0.2) is 0 Å². The molecule has 0 rings (SSSR count). The topological polar surface area (TPSA) is 89.9 Å². The molecule has 0 unspecified atom stereocenters. The molecule has 0 aromatic rings. The standard InChI is InChI=1S/C41H70O6/c1-3-5-7-9-11-13-15-17-18-20-22-24-26-28-30-34-41(45)47-39(36-42)37-46-40(44)35-31-33-38(43)32-29-27-25-23-21-19-16-14-12-10-8-6-4-2/h12,14,19,21,25,27,29,32,39,42H,3-11,13,15-18,20,22-24,26,28,30-31,33-37H2,1-2H3/b14-12-,21-19-,27-25-,32-29+/t39-/m0/s1. The molecular weight excluding hydrogens is 588 g/mol. The number of hydrogen-bond donors (Lipinski definition) is 1. The lowest BCUT2D eigenvalue weighted by Gasteiger charge is -2.15. The molecule has 0 aliphatic carbocycles. The van der Waals surface area contributed by atoms with E-state index in [4.69, 9.17) is 9.47 Å². The predicted molar refractivity (Wildman–Crippen MR) is 196 cm³/mol. The number of ether oxygens (including phenoxy) is 2. The first-order valence-corrected chi connectivity index (χ1v) is 19.1. The molecule has 6 nitrogen and oxygen atoms in total. The molecule has 270 valence electrons. The van der Waals surface area contributed by atoms with Crippen LogP contribution in [-0.4, -0.2) is 42.1 Å². The van der Waals surface area contributed by atoms with Gasteiger partial charge in [-0.3, -0.25) is 14.4 Å². The van der Waals surface area contributed by atoms with Crippen LogP contribution in [0, 0.1) is 0 Å². The summed E-state index contributed by atoms with van der Waals surface area (Å²) in [5, 5.41) is 9.53. The van der Waals surface area contributed by atoms with E-state index < -0.39 is 18.7 Å². The quantitative estimate of drug-likeness (QED) is 0.0243. The summed E-state index contributed by atoms with van der Waals surface area (Å²) in [6.07, 6.45) is 41.6. The Kier molecular flexibility index (Phi) is 34.5. The summed E-state index contributed by atoms with van der Waals surface area (Å²) in [5.41, 5.74) is 0. The molecule has 0 bridgehead atoms. The third kappa shape index (κ3) is 34.7. The first-order chi connectivity index (χ1) is 23.0. The van der Waals surface area contributed by atoms with E-state index in [0.29, 0.717) is 12.8 Å². The number of hydrogen-bond acceptors (Lipinski definition) is 6. The average molecular weight is 659 g/mol. The second-order valence-electron chi connectivity index (χ2n) is 12.7. The normalized spacial score (nSPS) is 12.6. The molecule has 0 aliphatic rings. The first-order valence-electron chi connectivity index (χ1n) is 19.1. The summed E-state index contributed by atoms with van der Waals surface area (Å²) in [4.78, 5) is 36.2. The van der Waals surface area contributed by atoms with E-state index in [9.17, 15) is 19.5 Å². The molecule has 0 fully saturated rings. The Morgan fingerprint density at radius 3 is 1.66 bits per heavy atom. The lowest BCUT2D eigenvalue weighted by Crippen LogP contribution is -2.28. The van der Waals surface area contributed by atoms with E-state index in [2.05, 4.69) is 38.2 Å². The zero-order valence-corrected chi connectivity index (χ0v) is 30.3. The van der Waals surface area contributed by atoms with Gasteiger partial charge < -0.3 is 14.6 Å². The molecule has 1 atom stereocenters. The molecule has 0 amide bonds. The van der Waals surface area contributed by atoms with E-state index >= 15 is 0 Å². The smallest absolute Gasteiger partial charge is 0.306 e. The van der Waals surface area contributed by atoms with Gasteiger partial charge in [0.05, 0.1) is 6.61 Å². The molecule has 0 spiro atoms. The van der Waals surface area contributed by atoms with Crippen molar-refractivity contribution < 1.29 is 29.0 Å². The number of unbranched alkanes of at least 4 members (excludes halogenated alkanes) is 17. The van der Waals surface area contributed by atoms with Gasteiger partial charge in [-0.2, -0.15) is 0 Å². The zero-order chi connectivity index (χ0) is 34.5. The van der Waals surface area contributed by atoms with Gasteiger partial charge in [0.2, 0.25) is 0 Å². The van der Waals surface area contributed by atoms with Crippen LogP contribution in [0.5, 0.6) is 0 Å². The number of esters is 2. The molecule has 47 heavy (non-hydrogen) atoms. The lowest BCUT2D eigenvalue weighted by atomic mass is 10.0. The summed E-state index contributed by atoms with van der Waals surface area (Å²) < 4.78 is 10.4. The summed E-state index contributed by atoms with van der Waals surface area (Å²) in [6.45, 7) is 3.89. The molecule has 0 saturated carbocycles. The molecule has 6 heteroatoms. The van der Waals surface area contributed by atoms with E-state index in [1.165, 1.54) is 102 Å². The van der Waals surface area contributed by atoms with Crippen LogP contribution in [0.3, 0.4) is 0 Å². The largest absolute Gasteiger partial charge is 0.462 e. The number of aliphatic hydroxyl groups is 1. The lowest BCUT2D eigenvalue weighted by molar-refractivity contribution is -0.161. The fourth-order valence-corrected chi connectivity index (χ4v) is 5.15. The summed E-state index contributed by atoms with van der Waals surface area (Å²) in [7, 11) is 0. The maximum Gasteiger partial charge on any atom is 0.306 e. The third-order valence-electron chi connectivity index (χ3n) is 8.10. The molecule has 0 radical (unpaired) electrons. The number of rotatable bonds is 34. The van der Waals surface area contributed by atoms with Crippen molar-refractivity contribution in [3.05, 3.63) is 48.6 Å².